The summed E-state index contributed by atoms with van der Waals surface area (Å²) in [6.45, 7) is 3.73. The number of nitrogen functional groups attached to an aromatic ring is 2. The van der Waals surface area contributed by atoms with Gasteiger partial charge in [-0.15, -0.1) is 0 Å². The maximum absolute atomic E-state index is 12.9. The number of hydrogen-bond donors (Lipinski definition) is 3. The van der Waals surface area contributed by atoms with Gasteiger partial charge in [0, 0.05) is 28.2 Å². The standard InChI is InChI=1S/C16H17N5OS/c1-8-14(10-5-3-4-6-11(10)19-8)15(22)9(2)23-16-20-12(17)7-13(18)21-16/h3-7,9,19H,1-2H3,(H4,17,18,20,21)/t9-/m0/s1. The van der Waals surface area contributed by atoms with Crippen molar-refractivity contribution in [2.24, 2.45) is 0 Å². The summed E-state index contributed by atoms with van der Waals surface area (Å²) in [5, 5.41) is 0.977. The zero-order chi connectivity index (χ0) is 16.6. The first-order valence-electron chi connectivity index (χ1n) is 7.14. The molecule has 0 aliphatic carbocycles. The highest BCUT2D eigenvalue weighted by molar-refractivity contribution is 8.00. The van der Waals surface area contributed by atoms with Crippen molar-refractivity contribution in [3.8, 4) is 0 Å². The van der Waals surface area contributed by atoms with Crippen LogP contribution < -0.4 is 11.5 Å². The number of nitrogens with zero attached hydrogens (tertiary/aromatic N) is 2. The summed E-state index contributed by atoms with van der Waals surface area (Å²) < 4.78 is 0. The quantitative estimate of drug-likeness (QED) is 0.386. The topological polar surface area (TPSA) is 111 Å². The Bertz CT molecular complexity index is 869. The van der Waals surface area contributed by atoms with E-state index in [4.69, 9.17) is 11.5 Å². The molecule has 7 heteroatoms. The SMILES string of the molecule is Cc1[nH]c2ccccc2c1C(=O)[C@H](C)Sc1nc(N)cc(N)n1. The minimum atomic E-state index is -0.353. The second-order valence-corrected chi connectivity index (χ2v) is 6.60. The Morgan fingerprint density at radius 1 is 1.22 bits per heavy atom. The van der Waals surface area contributed by atoms with E-state index >= 15 is 0 Å². The van der Waals surface area contributed by atoms with E-state index in [1.165, 1.54) is 17.8 Å². The van der Waals surface area contributed by atoms with Crippen LogP contribution in [0.15, 0.2) is 35.5 Å². The first kappa shape index (κ1) is 15.4. The molecule has 23 heavy (non-hydrogen) atoms. The minimum Gasteiger partial charge on any atom is -0.383 e. The van der Waals surface area contributed by atoms with E-state index in [-0.39, 0.29) is 11.0 Å². The predicted octanol–water partition coefficient (Wildman–Crippen LogP) is 2.79. The molecule has 2 aromatic heterocycles. The second-order valence-electron chi connectivity index (χ2n) is 5.30. The predicted molar refractivity (Wildman–Crippen MR) is 93.5 cm³/mol. The van der Waals surface area contributed by atoms with Gasteiger partial charge in [-0.3, -0.25) is 4.79 Å². The lowest BCUT2D eigenvalue weighted by atomic mass is 10.1. The fraction of sp³-hybridized carbons (Fsp3) is 0.188. The van der Waals surface area contributed by atoms with Crippen LogP contribution in [0.2, 0.25) is 0 Å². The highest BCUT2D eigenvalue weighted by Gasteiger charge is 2.23. The van der Waals surface area contributed by atoms with Crippen LogP contribution in [0.4, 0.5) is 11.6 Å². The summed E-state index contributed by atoms with van der Waals surface area (Å²) in [5.41, 5.74) is 13.9. The van der Waals surface area contributed by atoms with Crippen LogP contribution in [0.1, 0.15) is 23.0 Å². The summed E-state index contributed by atoms with van der Waals surface area (Å²) in [7, 11) is 0. The van der Waals surface area contributed by atoms with Crippen molar-refractivity contribution in [1.82, 2.24) is 15.0 Å². The number of anilines is 2. The number of rotatable bonds is 4. The van der Waals surface area contributed by atoms with Crippen molar-refractivity contribution in [1.29, 1.82) is 0 Å². The molecule has 3 rings (SSSR count). The number of H-pyrrole nitrogens is 1. The Hall–Kier alpha value is -2.54. The van der Waals surface area contributed by atoms with Crippen molar-refractivity contribution in [2.45, 2.75) is 24.3 Å². The average molecular weight is 327 g/mol. The summed E-state index contributed by atoms with van der Waals surface area (Å²) in [6, 6.07) is 9.25. The first-order chi connectivity index (χ1) is 11.0. The van der Waals surface area contributed by atoms with E-state index in [0.717, 1.165) is 16.6 Å². The molecule has 0 fully saturated rings. The average Bonchev–Trinajstić information content (AvgIpc) is 2.81. The fourth-order valence-electron chi connectivity index (χ4n) is 2.52. The molecule has 0 aliphatic heterocycles. The molecule has 1 atom stereocenters. The normalized spacial score (nSPS) is 12.4. The Morgan fingerprint density at radius 3 is 2.57 bits per heavy atom. The molecule has 1 aromatic carbocycles. The molecule has 0 radical (unpaired) electrons. The van der Waals surface area contributed by atoms with Gasteiger partial charge < -0.3 is 16.5 Å². The Labute approximate surface area is 137 Å². The van der Waals surface area contributed by atoms with Crippen molar-refractivity contribution >= 4 is 40.1 Å². The number of aryl methyl sites for hydroxylation is 1. The number of aromatic nitrogens is 3. The fourth-order valence-corrected chi connectivity index (χ4v) is 3.38. The van der Waals surface area contributed by atoms with E-state index in [1.54, 1.807) is 0 Å². The van der Waals surface area contributed by atoms with Crippen LogP contribution in [0, 0.1) is 6.92 Å². The molecular weight excluding hydrogens is 310 g/mol. The van der Waals surface area contributed by atoms with E-state index in [1.807, 2.05) is 38.1 Å². The van der Waals surface area contributed by atoms with Gasteiger partial charge in [0.25, 0.3) is 0 Å². The molecule has 6 nitrogen and oxygen atoms in total. The van der Waals surface area contributed by atoms with Crippen LogP contribution in [-0.4, -0.2) is 26.0 Å². The molecule has 0 saturated heterocycles. The van der Waals surface area contributed by atoms with Gasteiger partial charge in [0.15, 0.2) is 10.9 Å². The molecule has 0 amide bonds. The maximum atomic E-state index is 12.9. The largest absolute Gasteiger partial charge is 0.383 e. The molecular formula is C16H17N5OS. The molecule has 0 bridgehead atoms. The highest BCUT2D eigenvalue weighted by Crippen LogP contribution is 2.29. The summed E-state index contributed by atoms with van der Waals surface area (Å²) in [5.74, 6) is 0.611. The Morgan fingerprint density at radius 2 is 1.87 bits per heavy atom. The molecule has 0 aliphatic rings. The third-order valence-corrected chi connectivity index (χ3v) is 4.50. The highest BCUT2D eigenvalue weighted by atomic mass is 32.2. The van der Waals surface area contributed by atoms with Gasteiger partial charge in [0.2, 0.25) is 0 Å². The molecule has 118 valence electrons. The van der Waals surface area contributed by atoms with Crippen LogP contribution in [-0.2, 0) is 0 Å². The lowest BCUT2D eigenvalue weighted by Crippen LogP contribution is -2.15. The van der Waals surface area contributed by atoms with Crippen LogP contribution in [0.3, 0.4) is 0 Å². The van der Waals surface area contributed by atoms with Crippen molar-refractivity contribution in [3.63, 3.8) is 0 Å². The minimum absolute atomic E-state index is 0.0227. The number of carbonyl (C=O) groups is 1. The zero-order valence-electron chi connectivity index (χ0n) is 12.8. The first-order valence-corrected chi connectivity index (χ1v) is 8.02. The van der Waals surface area contributed by atoms with Crippen molar-refractivity contribution in [3.05, 3.63) is 41.6 Å². The van der Waals surface area contributed by atoms with Crippen LogP contribution >= 0.6 is 11.8 Å². The van der Waals surface area contributed by atoms with Gasteiger partial charge in [-0.2, -0.15) is 0 Å². The van der Waals surface area contributed by atoms with Gasteiger partial charge in [-0.05, 0) is 19.9 Å². The van der Waals surface area contributed by atoms with Crippen molar-refractivity contribution in [2.75, 3.05) is 11.5 Å². The number of hydrogen-bond acceptors (Lipinski definition) is 6. The van der Waals surface area contributed by atoms with Gasteiger partial charge in [0.05, 0.1) is 5.25 Å². The number of nitrogens with one attached hydrogen (secondary N) is 1. The summed E-state index contributed by atoms with van der Waals surface area (Å²) >= 11 is 1.25. The molecule has 5 N–H and O–H groups in total. The number of para-hydroxylation sites is 1. The number of carbonyl (C=O) groups excluding carboxylic acids is 1. The maximum Gasteiger partial charge on any atom is 0.192 e. The van der Waals surface area contributed by atoms with E-state index in [2.05, 4.69) is 15.0 Å². The number of aromatic amines is 1. The van der Waals surface area contributed by atoms with Gasteiger partial charge in [-0.25, -0.2) is 9.97 Å². The molecule has 3 aromatic rings. The number of thioether (sulfide) groups is 1. The lowest BCUT2D eigenvalue weighted by Gasteiger charge is -2.10. The number of Topliss-reactive ketones (excluding diaryl/α,β-unsaturated/α-hetero) is 1. The van der Waals surface area contributed by atoms with E-state index < -0.39 is 0 Å². The van der Waals surface area contributed by atoms with E-state index in [9.17, 15) is 4.79 Å². The van der Waals surface area contributed by atoms with E-state index in [0.29, 0.717) is 22.4 Å². The third kappa shape index (κ3) is 3.00. The molecule has 0 spiro atoms. The molecule has 0 saturated carbocycles. The molecule has 2 heterocycles. The summed E-state index contributed by atoms with van der Waals surface area (Å²) in [4.78, 5) is 24.3. The van der Waals surface area contributed by atoms with Gasteiger partial charge in [0.1, 0.15) is 11.6 Å². The monoisotopic (exact) mass is 327 g/mol. The lowest BCUT2D eigenvalue weighted by molar-refractivity contribution is 0.0995. The molecule has 0 unspecified atom stereocenters. The van der Waals surface area contributed by atoms with Crippen molar-refractivity contribution < 1.29 is 4.79 Å². The number of nitrogens with two attached hydrogens (primary N) is 2. The zero-order valence-corrected chi connectivity index (χ0v) is 13.6. The van der Waals surface area contributed by atoms with Crippen LogP contribution in [0.25, 0.3) is 10.9 Å². The third-order valence-electron chi connectivity index (χ3n) is 3.54. The summed E-state index contributed by atoms with van der Waals surface area (Å²) in [6.07, 6.45) is 0. The van der Waals surface area contributed by atoms with Gasteiger partial charge in [-0.1, -0.05) is 30.0 Å². The number of ketones is 1. The Balaban J connectivity index is 1.91. The smallest absolute Gasteiger partial charge is 0.192 e. The van der Waals surface area contributed by atoms with Gasteiger partial charge >= 0.3 is 0 Å². The number of benzene rings is 1. The number of fused-ring (bicyclic) bond motifs is 1. The second kappa shape index (κ2) is 5.92. The van der Waals surface area contributed by atoms with Crippen LogP contribution in [0.5, 0.6) is 0 Å². The Kier molecular flexibility index (Phi) is 3.96.